The highest BCUT2D eigenvalue weighted by Gasteiger charge is 2.10. The molecule has 3 rings (SSSR count). The first kappa shape index (κ1) is 16.1. The molecule has 4 nitrogen and oxygen atoms in total. The van der Waals surface area contributed by atoms with Crippen LogP contribution in [0.2, 0.25) is 0 Å². The highest BCUT2D eigenvalue weighted by molar-refractivity contribution is 5.66. The van der Waals surface area contributed by atoms with Crippen LogP contribution in [-0.4, -0.2) is 21.3 Å². The van der Waals surface area contributed by atoms with E-state index in [2.05, 4.69) is 54.9 Å². The second kappa shape index (κ2) is 6.79. The van der Waals surface area contributed by atoms with E-state index in [-0.39, 0.29) is 0 Å². The third kappa shape index (κ3) is 3.43. The number of rotatable bonds is 1. The Morgan fingerprint density at radius 3 is 2.96 bits per heavy atom. The molecule has 0 spiro atoms. The molecule has 0 aliphatic carbocycles. The van der Waals surface area contributed by atoms with E-state index >= 15 is 0 Å². The third-order valence-corrected chi connectivity index (χ3v) is 4.29. The normalized spacial score (nSPS) is 16.2. The van der Waals surface area contributed by atoms with Gasteiger partial charge in [-0.3, -0.25) is 10.4 Å². The molecule has 0 saturated heterocycles. The van der Waals surface area contributed by atoms with Crippen LogP contribution in [0.3, 0.4) is 0 Å². The van der Waals surface area contributed by atoms with Crippen LogP contribution < -0.4 is 5.43 Å². The Morgan fingerprint density at radius 1 is 1.33 bits per heavy atom. The highest BCUT2D eigenvalue weighted by Crippen LogP contribution is 2.25. The van der Waals surface area contributed by atoms with Gasteiger partial charge in [-0.25, -0.2) is 4.68 Å². The molecule has 1 aromatic heterocycles. The van der Waals surface area contributed by atoms with Gasteiger partial charge in [0.15, 0.2) is 0 Å². The smallest absolute Gasteiger partial charge is 0.0575 e. The molecule has 1 aliphatic heterocycles. The fourth-order valence-corrected chi connectivity index (χ4v) is 2.91. The maximum absolute atomic E-state index is 4.48. The Morgan fingerprint density at radius 2 is 2.17 bits per heavy atom. The first-order chi connectivity index (χ1) is 11.5. The molecule has 1 N–H and O–H groups in total. The minimum Gasteiger partial charge on any atom is -0.299 e. The molecule has 0 atom stereocenters. The molecule has 4 bridgehead atoms. The van der Waals surface area contributed by atoms with E-state index in [9.17, 15) is 0 Å². The molecule has 1 aromatic carbocycles. The maximum Gasteiger partial charge on any atom is 0.0575 e. The van der Waals surface area contributed by atoms with Gasteiger partial charge in [-0.2, -0.15) is 5.10 Å². The summed E-state index contributed by atoms with van der Waals surface area (Å²) in [5.41, 5.74) is 9.93. The van der Waals surface area contributed by atoms with Gasteiger partial charge in [-0.05, 0) is 43.9 Å². The predicted octanol–water partition coefficient (Wildman–Crippen LogP) is 4.13. The summed E-state index contributed by atoms with van der Waals surface area (Å²) >= 11 is 0. The summed E-state index contributed by atoms with van der Waals surface area (Å²) < 4.78 is 1.88. The standard InChI is InChI=1S/C20H24N4/c1-15(2)23-11-6-8-18-7-5-9-19(13-18)20-14-21-24(17(20)4)12-10-16(3)22-23/h5,7,9-10,12-14,22H,1,3,6,8,11H2,2,4H3/b12-10-. The summed E-state index contributed by atoms with van der Waals surface area (Å²) in [4.78, 5) is 0. The summed E-state index contributed by atoms with van der Waals surface area (Å²) in [5, 5.41) is 6.52. The van der Waals surface area contributed by atoms with Crippen molar-refractivity contribution in [1.82, 2.24) is 20.2 Å². The third-order valence-electron chi connectivity index (χ3n) is 4.29. The van der Waals surface area contributed by atoms with E-state index in [0.717, 1.165) is 36.5 Å². The first-order valence-electron chi connectivity index (χ1n) is 8.25. The van der Waals surface area contributed by atoms with E-state index in [1.165, 1.54) is 16.7 Å². The van der Waals surface area contributed by atoms with E-state index in [0.29, 0.717) is 0 Å². The first-order valence-corrected chi connectivity index (χ1v) is 8.25. The molecule has 124 valence electrons. The molecule has 4 heteroatoms. The van der Waals surface area contributed by atoms with Crippen molar-refractivity contribution in [2.45, 2.75) is 26.7 Å². The highest BCUT2D eigenvalue weighted by atomic mass is 15.5. The Hall–Kier alpha value is -2.75. The Balaban J connectivity index is 2.00. The number of hydrazine groups is 1. The van der Waals surface area contributed by atoms with Crippen molar-refractivity contribution in [3.63, 3.8) is 0 Å². The van der Waals surface area contributed by atoms with Crippen molar-refractivity contribution in [2.24, 2.45) is 0 Å². The van der Waals surface area contributed by atoms with E-state index in [1.54, 1.807) is 0 Å². The quantitative estimate of drug-likeness (QED) is 0.857. The van der Waals surface area contributed by atoms with Gasteiger partial charge in [0, 0.05) is 35.4 Å². The van der Waals surface area contributed by atoms with Gasteiger partial charge in [-0.1, -0.05) is 37.4 Å². The minimum atomic E-state index is 0.810. The minimum absolute atomic E-state index is 0.810. The van der Waals surface area contributed by atoms with Crippen LogP contribution in [0.5, 0.6) is 0 Å². The number of hydrogen-bond donors (Lipinski definition) is 1. The molecular formula is C20H24N4. The van der Waals surface area contributed by atoms with Crippen molar-refractivity contribution < 1.29 is 0 Å². The van der Waals surface area contributed by atoms with Crippen LogP contribution >= 0.6 is 0 Å². The zero-order chi connectivity index (χ0) is 17.1. The number of aryl methyl sites for hydroxylation is 1. The summed E-state index contributed by atoms with van der Waals surface area (Å²) in [6.07, 6.45) is 7.85. The largest absolute Gasteiger partial charge is 0.299 e. The van der Waals surface area contributed by atoms with Gasteiger partial charge in [0.1, 0.15) is 0 Å². The van der Waals surface area contributed by atoms with Crippen molar-refractivity contribution in [3.05, 3.63) is 72.3 Å². The molecule has 0 saturated carbocycles. The average molecular weight is 320 g/mol. The molecule has 0 unspecified atom stereocenters. The molecule has 2 aromatic rings. The van der Waals surface area contributed by atoms with Crippen LogP contribution in [0.1, 0.15) is 24.6 Å². The van der Waals surface area contributed by atoms with Gasteiger partial charge < -0.3 is 0 Å². The molecule has 0 fully saturated rings. The summed E-state index contributed by atoms with van der Waals surface area (Å²) in [5.74, 6) is 0. The van der Waals surface area contributed by atoms with Crippen LogP contribution in [0.25, 0.3) is 17.3 Å². The zero-order valence-electron chi connectivity index (χ0n) is 14.4. The van der Waals surface area contributed by atoms with Gasteiger partial charge in [0.05, 0.1) is 6.20 Å². The lowest BCUT2D eigenvalue weighted by Gasteiger charge is -2.26. The Kier molecular flexibility index (Phi) is 4.56. The molecule has 0 amide bonds. The van der Waals surface area contributed by atoms with E-state index in [4.69, 9.17) is 0 Å². The number of nitrogens with zero attached hydrogens (tertiary/aromatic N) is 3. The van der Waals surface area contributed by atoms with Gasteiger partial charge >= 0.3 is 0 Å². The van der Waals surface area contributed by atoms with Crippen molar-refractivity contribution in [2.75, 3.05) is 6.54 Å². The molecule has 24 heavy (non-hydrogen) atoms. The number of hydrogen-bond acceptors (Lipinski definition) is 3. The van der Waals surface area contributed by atoms with Gasteiger partial charge in [0.2, 0.25) is 0 Å². The van der Waals surface area contributed by atoms with Gasteiger partial charge in [-0.15, -0.1) is 0 Å². The topological polar surface area (TPSA) is 33.1 Å². The molecule has 2 heterocycles. The second-order valence-electron chi connectivity index (χ2n) is 6.23. The maximum atomic E-state index is 4.48. The number of allylic oxidation sites excluding steroid dienone is 2. The number of aromatic nitrogens is 2. The Bertz CT molecular complexity index is 798. The van der Waals surface area contributed by atoms with Crippen LogP contribution in [-0.2, 0) is 6.42 Å². The van der Waals surface area contributed by atoms with Crippen LogP contribution in [0.15, 0.2) is 61.1 Å². The summed E-state index contributed by atoms with van der Waals surface area (Å²) in [6.45, 7) is 13.1. The van der Waals surface area contributed by atoms with E-state index < -0.39 is 0 Å². The predicted molar refractivity (Wildman–Crippen MR) is 99.8 cm³/mol. The average Bonchev–Trinajstić information content (AvgIpc) is 2.92. The zero-order valence-corrected chi connectivity index (χ0v) is 14.4. The molecular weight excluding hydrogens is 296 g/mol. The molecule has 0 radical (unpaired) electrons. The van der Waals surface area contributed by atoms with Crippen LogP contribution in [0, 0.1) is 6.92 Å². The van der Waals surface area contributed by atoms with Crippen molar-refractivity contribution in [3.8, 4) is 11.1 Å². The molecule has 1 aliphatic rings. The van der Waals surface area contributed by atoms with E-state index in [1.807, 2.05) is 35.1 Å². The lowest BCUT2D eigenvalue weighted by atomic mass is 10.0. The summed E-state index contributed by atoms with van der Waals surface area (Å²) in [6, 6.07) is 8.72. The van der Waals surface area contributed by atoms with Crippen LogP contribution in [0.4, 0.5) is 0 Å². The fraction of sp³-hybridized carbons (Fsp3) is 0.250. The Labute approximate surface area is 143 Å². The number of benzene rings is 1. The number of nitrogens with one attached hydrogen (secondary N) is 1. The van der Waals surface area contributed by atoms with Crippen molar-refractivity contribution >= 4 is 6.20 Å². The monoisotopic (exact) mass is 320 g/mol. The lowest BCUT2D eigenvalue weighted by Crippen LogP contribution is -2.35. The van der Waals surface area contributed by atoms with Gasteiger partial charge in [0.25, 0.3) is 0 Å². The fourth-order valence-electron chi connectivity index (χ4n) is 2.91. The SMILES string of the molecule is C=C1/C=C\n2ncc(c2C)-c2cccc(c2)CCCN(C(=C)C)N1. The summed E-state index contributed by atoms with van der Waals surface area (Å²) in [7, 11) is 0. The second-order valence-corrected chi connectivity index (χ2v) is 6.23. The number of fused-ring (bicyclic) bond motifs is 5. The lowest BCUT2D eigenvalue weighted by molar-refractivity contribution is 0.277. The van der Waals surface area contributed by atoms with Crippen molar-refractivity contribution in [1.29, 1.82) is 0 Å².